The fraction of sp³-hybridized carbons (Fsp3) is 0.300. The van der Waals surface area contributed by atoms with Gasteiger partial charge in [0.25, 0.3) is 0 Å². The Kier molecular flexibility index (Phi) is 2.73. The van der Waals surface area contributed by atoms with Crippen molar-refractivity contribution in [3.05, 3.63) is 29.8 Å². The number of hydrogen-bond acceptors (Lipinski definition) is 4. The van der Waals surface area contributed by atoms with E-state index in [2.05, 4.69) is 15.4 Å². The summed E-state index contributed by atoms with van der Waals surface area (Å²) in [5.74, 6) is 0.590. The summed E-state index contributed by atoms with van der Waals surface area (Å²) in [5, 5.41) is 20.6. The summed E-state index contributed by atoms with van der Waals surface area (Å²) in [6, 6.07) is 7.91. The Morgan fingerprint density at radius 2 is 2.27 bits per heavy atom. The first-order valence-electron chi connectivity index (χ1n) is 4.75. The zero-order valence-corrected chi connectivity index (χ0v) is 8.46. The molecule has 5 heteroatoms. The molecule has 5 nitrogen and oxygen atoms in total. The number of benzene rings is 1. The van der Waals surface area contributed by atoms with Crippen molar-refractivity contribution >= 4 is 0 Å². The Bertz CT molecular complexity index is 452. The molecule has 0 saturated heterocycles. The van der Waals surface area contributed by atoms with E-state index in [1.165, 1.54) is 4.80 Å². The second kappa shape index (κ2) is 4.18. The maximum Gasteiger partial charge on any atom is 0.204 e. The van der Waals surface area contributed by atoms with Crippen LogP contribution in [0.4, 0.5) is 0 Å². The molecule has 15 heavy (non-hydrogen) atoms. The third-order valence-electron chi connectivity index (χ3n) is 2.03. The molecule has 0 unspecified atom stereocenters. The highest BCUT2D eigenvalue weighted by molar-refractivity contribution is 5.54. The van der Waals surface area contributed by atoms with Crippen LogP contribution in [0.1, 0.15) is 5.56 Å². The minimum Gasteiger partial charge on any atom is -0.394 e. The van der Waals surface area contributed by atoms with E-state index in [-0.39, 0.29) is 6.61 Å². The van der Waals surface area contributed by atoms with E-state index in [0.29, 0.717) is 12.4 Å². The number of aliphatic hydroxyl groups excluding tert-OH is 1. The standard InChI is InChI=1S/C10H12N4O/c1-8-3-2-4-9(7-8)10-11-13-14(12-10)5-6-15/h2-4,7,15H,5-6H2,1H3. The van der Waals surface area contributed by atoms with Crippen LogP contribution in [0.2, 0.25) is 0 Å². The van der Waals surface area contributed by atoms with Gasteiger partial charge in [0.1, 0.15) is 0 Å². The molecule has 2 rings (SSSR count). The average molecular weight is 204 g/mol. The molecule has 0 fully saturated rings. The number of aliphatic hydroxyl groups is 1. The van der Waals surface area contributed by atoms with Crippen molar-refractivity contribution in [2.24, 2.45) is 0 Å². The first kappa shape index (κ1) is 9.79. The lowest BCUT2D eigenvalue weighted by Crippen LogP contribution is -2.05. The van der Waals surface area contributed by atoms with Crippen molar-refractivity contribution in [3.8, 4) is 11.4 Å². The van der Waals surface area contributed by atoms with Gasteiger partial charge in [0.15, 0.2) is 0 Å². The lowest BCUT2D eigenvalue weighted by atomic mass is 10.1. The van der Waals surface area contributed by atoms with Gasteiger partial charge in [-0.15, -0.1) is 10.2 Å². The van der Waals surface area contributed by atoms with E-state index in [1.54, 1.807) is 0 Å². The fourth-order valence-electron chi connectivity index (χ4n) is 1.33. The van der Waals surface area contributed by atoms with E-state index >= 15 is 0 Å². The van der Waals surface area contributed by atoms with Gasteiger partial charge in [-0.2, -0.15) is 4.80 Å². The lowest BCUT2D eigenvalue weighted by Gasteiger charge is -1.95. The van der Waals surface area contributed by atoms with E-state index in [1.807, 2.05) is 31.2 Å². The fourth-order valence-corrected chi connectivity index (χ4v) is 1.33. The van der Waals surface area contributed by atoms with Gasteiger partial charge < -0.3 is 5.11 Å². The highest BCUT2D eigenvalue weighted by atomic mass is 16.3. The molecule has 1 aromatic carbocycles. The van der Waals surface area contributed by atoms with Crippen LogP contribution in [-0.2, 0) is 6.54 Å². The number of rotatable bonds is 3. The van der Waals surface area contributed by atoms with E-state index in [0.717, 1.165) is 11.1 Å². The first-order chi connectivity index (χ1) is 7.29. The quantitative estimate of drug-likeness (QED) is 0.797. The van der Waals surface area contributed by atoms with Crippen LogP contribution in [-0.4, -0.2) is 31.9 Å². The van der Waals surface area contributed by atoms with Gasteiger partial charge in [0.05, 0.1) is 13.2 Å². The summed E-state index contributed by atoms with van der Waals surface area (Å²) < 4.78 is 0. The van der Waals surface area contributed by atoms with Gasteiger partial charge in [0, 0.05) is 5.56 Å². The molecule has 0 aliphatic carbocycles. The highest BCUT2D eigenvalue weighted by Crippen LogP contribution is 2.14. The SMILES string of the molecule is Cc1cccc(-c2nnn(CCO)n2)c1. The molecular weight excluding hydrogens is 192 g/mol. The monoisotopic (exact) mass is 204 g/mol. The first-order valence-corrected chi connectivity index (χ1v) is 4.75. The minimum atomic E-state index is 0.0175. The van der Waals surface area contributed by atoms with Crippen LogP contribution >= 0.6 is 0 Å². The molecule has 0 atom stereocenters. The van der Waals surface area contributed by atoms with Gasteiger partial charge in [-0.3, -0.25) is 0 Å². The van der Waals surface area contributed by atoms with Gasteiger partial charge >= 0.3 is 0 Å². The third-order valence-corrected chi connectivity index (χ3v) is 2.03. The second-order valence-corrected chi connectivity index (χ2v) is 3.30. The van der Waals surface area contributed by atoms with Gasteiger partial charge in [-0.25, -0.2) is 0 Å². The molecular formula is C10H12N4O. The zero-order chi connectivity index (χ0) is 10.7. The van der Waals surface area contributed by atoms with Crippen LogP contribution in [0.5, 0.6) is 0 Å². The number of tetrazole rings is 1. The average Bonchev–Trinajstić information content (AvgIpc) is 2.67. The molecule has 0 aliphatic heterocycles. The van der Waals surface area contributed by atoms with Gasteiger partial charge in [-0.1, -0.05) is 23.8 Å². The number of nitrogens with zero attached hydrogens (tertiary/aromatic N) is 4. The van der Waals surface area contributed by atoms with Crippen molar-refractivity contribution in [1.29, 1.82) is 0 Å². The van der Waals surface area contributed by atoms with Crippen LogP contribution in [0.3, 0.4) is 0 Å². The normalized spacial score (nSPS) is 10.5. The van der Waals surface area contributed by atoms with Crippen molar-refractivity contribution < 1.29 is 5.11 Å². The van der Waals surface area contributed by atoms with Crippen molar-refractivity contribution in [2.75, 3.05) is 6.61 Å². The molecule has 0 radical (unpaired) electrons. The Balaban J connectivity index is 2.29. The molecule has 0 spiro atoms. The summed E-state index contributed by atoms with van der Waals surface area (Å²) >= 11 is 0. The molecule has 1 N–H and O–H groups in total. The molecule has 1 aromatic heterocycles. The summed E-state index contributed by atoms with van der Waals surface area (Å²) in [4.78, 5) is 1.39. The number of aryl methyl sites for hydroxylation is 1. The largest absolute Gasteiger partial charge is 0.394 e. The molecule has 0 aliphatic rings. The van der Waals surface area contributed by atoms with Gasteiger partial charge in [0.2, 0.25) is 5.82 Å². The summed E-state index contributed by atoms with van der Waals surface area (Å²) in [7, 11) is 0. The van der Waals surface area contributed by atoms with E-state index in [4.69, 9.17) is 5.11 Å². The summed E-state index contributed by atoms with van der Waals surface area (Å²) in [5.41, 5.74) is 2.10. The van der Waals surface area contributed by atoms with Crippen molar-refractivity contribution in [3.63, 3.8) is 0 Å². The molecule has 0 bridgehead atoms. The highest BCUT2D eigenvalue weighted by Gasteiger charge is 2.04. The van der Waals surface area contributed by atoms with Crippen LogP contribution in [0, 0.1) is 6.92 Å². The molecule has 78 valence electrons. The Labute approximate surface area is 87.4 Å². The van der Waals surface area contributed by atoms with Crippen LogP contribution in [0.15, 0.2) is 24.3 Å². The zero-order valence-electron chi connectivity index (χ0n) is 8.46. The second-order valence-electron chi connectivity index (χ2n) is 3.30. The maximum absolute atomic E-state index is 8.72. The lowest BCUT2D eigenvalue weighted by molar-refractivity contribution is 0.259. The Morgan fingerprint density at radius 3 is 3.00 bits per heavy atom. The molecule has 0 saturated carbocycles. The predicted octanol–water partition coefficient (Wildman–Crippen LogP) is 0.641. The van der Waals surface area contributed by atoms with E-state index in [9.17, 15) is 0 Å². The van der Waals surface area contributed by atoms with Crippen LogP contribution in [0.25, 0.3) is 11.4 Å². The number of aromatic nitrogens is 4. The van der Waals surface area contributed by atoms with Crippen LogP contribution < -0.4 is 0 Å². The molecule has 1 heterocycles. The topological polar surface area (TPSA) is 63.8 Å². The van der Waals surface area contributed by atoms with Gasteiger partial charge in [-0.05, 0) is 18.2 Å². The molecule has 0 amide bonds. The maximum atomic E-state index is 8.72. The third kappa shape index (κ3) is 2.19. The predicted molar refractivity (Wildman–Crippen MR) is 55.1 cm³/mol. The number of hydrogen-bond donors (Lipinski definition) is 1. The Hall–Kier alpha value is -1.75. The Morgan fingerprint density at radius 1 is 1.40 bits per heavy atom. The smallest absolute Gasteiger partial charge is 0.204 e. The van der Waals surface area contributed by atoms with Crippen molar-refractivity contribution in [1.82, 2.24) is 20.2 Å². The summed E-state index contributed by atoms with van der Waals surface area (Å²) in [6.45, 7) is 2.41. The van der Waals surface area contributed by atoms with E-state index < -0.39 is 0 Å². The van der Waals surface area contributed by atoms with Crippen molar-refractivity contribution in [2.45, 2.75) is 13.5 Å². The summed E-state index contributed by atoms with van der Waals surface area (Å²) in [6.07, 6.45) is 0. The minimum absolute atomic E-state index is 0.0175. The molecule has 2 aromatic rings.